The van der Waals surface area contributed by atoms with E-state index in [4.69, 9.17) is 14.2 Å². The largest absolute Gasteiger partial charge is 0.489 e. The summed E-state index contributed by atoms with van der Waals surface area (Å²) >= 11 is 0. The molecule has 2 aliphatic rings. The van der Waals surface area contributed by atoms with Crippen molar-refractivity contribution in [3.05, 3.63) is 59.9 Å². The molecule has 4 rings (SSSR count). The van der Waals surface area contributed by atoms with Crippen molar-refractivity contribution in [1.29, 1.82) is 0 Å². The molecule has 0 amide bonds. The Labute approximate surface area is 178 Å². The molecule has 1 saturated heterocycles. The van der Waals surface area contributed by atoms with Crippen LogP contribution in [0.2, 0.25) is 0 Å². The predicted molar refractivity (Wildman–Crippen MR) is 118 cm³/mol. The number of ether oxygens (including phenoxy) is 3. The van der Waals surface area contributed by atoms with Gasteiger partial charge in [0.05, 0.1) is 25.4 Å². The fourth-order valence-electron chi connectivity index (χ4n) is 4.17. The average Bonchev–Trinajstić information content (AvgIpc) is 3.05. The quantitative estimate of drug-likeness (QED) is 0.570. The first kappa shape index (κ1) is 20.6. The Morgan fingerprint density at radius 3 is 2.60 bits per heavy atom. The van der Waals surface area contributed by atoms with Gasteiger partial charge in [-0.3, -0.25) is 0 Å². The molecule has 4 nitrogen and oxygen atoms in total. The highest BCUT2D eigenvalue weighted by atomic mass is 19.1. The number of benzene rings is 2. The second-order valence-corrected chi connectivity index (χ2v) is 8.41. The third kappa shape index (κ3) is 4.72. The SMILES string of the molecule is C=C(C)C[C@@H](C)c1ccc(OC2CCN(c3cc4c(cc3F)OCCCO4)C2)cc1. The van der Waals surface area contributed by atoms with Crippen molar-refractivity contribution in [3.63, 3.8) is 0 Å². The number of fused-ring (bicyclic) bond motifs is 1. The summed E-state index contributed by atoms with van der Waals surface area (Å²) in [6.45, 7) is 10.8. The van der Waals surface area contributed by atoms with Crippen molar-refractivity contribution < 1.29 is 18.6 Å². The molecule has 0 bridgehead atoms. The van der Waals surface area contributed by atoms with E-state index in [0.29, 0.717) is 42.9 Å². The Morgan fingerprint density at radius 2 is 1.90 bits per heavy atom. The lowest BCUT2D eigenvalue weighted by molar-refractivity contribution is 0.225. The normalized spacial score (nSPS) is 19.3. The highest BCUT2D eigenvalue weighted by molar-refractivity contribution is 5.58. The molecule has 5 heteroatoms. The fraction of sp³-hybridized carbons (Fsp3) is 0.440. The predicted octanol–water partition coefficient (Wildman–Crippen LogP) is 5.71. The Balaban J connectivity index is 1.39. The molecule has 0 aliphatic carbocycles. The van der Waals surface area contributed by atoms with Gasteiger partial charge in [-0.05, 0) is 37.0 Å². The minimum absolute atomic E-state index is 0.0269. The zero-order valence-electron chi connectivity index (χ0n) is 17.8. The maximum atomic E-state index is 14.7. The number of allylic oxidation sites excluding steroid dienone is 1. The Hall–Kier alpha value is -2.69. The first-order valence-corrected chi connectivity index (χ1v) is 10.7. The lowest BCUT2D eigenvalue weighted by atomic mass is 9.95. The Morgan fingerprint density at radius 1 is 1.20 bits per heavy atom. The molecule has 2 heterocycles. The molecule has 0 radical (unpaired) electrons. The van der Waals surface area contributed by atoms with Crippen LogP contribution in [-0.2, 0) is 0 Å². The summed E-state index contributed by atoms with van der Waals surface area (Å²) in [4.78, 5) is 2.03. The fourth-order valence-corrected chi connectivity index (χ4v) is 4.17. The molecule has 0 aromatic heterocycles. The zero-order chi connectivity index (χ0) is 21.1. The summed E-state index contributed by atoms with van der Waals surface area (Å²) in [6.07, 6.45) is 2.66. The van der Waals surface area contributed by atoms with Crippen molar-refractivity contribution >= 4 is 5.69 Å². The van der Waals surface area contributed by atoms with Crippen LogP contribution in [0.5, 0.6) is 17.2 Å². The van der Waals surface area contributed by atoms with Crippen molar-refractivity contribution in [1.82, 2.24) is 0 Å². The minimum Gasteiger partial charge on any atom is -0.489 e. The lowest BCUT2D eigenvalue weighted by Crippen LogP contribution is -2.25. The van der Waals surface area contributed by atoms with E-state index < -0.39 is 0 Å². The van der Waals surface area contributed by atoms with E-state index in [1.165, 1.54) is 17.2 Å². The van der Waals surface area contributed by atoms with E-state index in [9.17, 15) is 4.39 Å². The average molecular weight is 412 g/mol. The van der Waals surface area contributed by atoms with Crippen LogP contribution in [0, 0.1) is 5.82 Å². The van der Waals surface area contributed by atoms with E-state index in [1.54, 1.807) is 6.07 Å². The van der Waals surface area contributed by atoms with Crippen molar-refractivity contribution in [2.45, 2.75) is 45.1 Å². The van der Waals surface area contributed by atoms with Crippen molar-refractivity contribution in [2.24, 2.45) is 0 Å². The molecule has 0 saturated carbocycles. The van der Waals surface area contributed by atoms with Crippen LogP contribution in [0.3, 0.4) is 0 Å². The van der Waals surface area contributed by atoms with Crippen LogP contribution >= 0.6 is 0 Å². The molecule has 2 aliphatic heterocycles. The van der Waals surface area contributed by atoms with Gasteiger partial charge in [0, 0.05) is 31.5 Å². The van der Waals surface area contributed by atoms with Gasteiger partial charge in [0.1, 0.15) is 17.7 Å². The van der Waals surface area contributed by atoms with Gasteiger partial charge in [-0.15, -0.1) is 6.58 Å². The summed E-state index contributed by atoms with van der Waals surface area (Å²) in [7, 11) is 0. The van der Waals surface area contributed by atoms with Gasteiger partial charge in [-0.2, -0.15) is 0 Å². The molecule has 30 heavy (non-hydrogen) atoms. The number of nitrogens with zero attached hydrogens (tertiary/aromatic N) is 1. The molecule has 2 aromatic carbocycles. The van der Waals surface area contributed by atoms with Gasteiger partial charge in [-0.1, -0.05) is 24.6 Å². The van der Waals surface area contributed by atoms with Gasteiger partial charge < -0.3 is 19.1 Å². The summed E-state index contributed by atoms with van der Waals surface area (Å²) in [5.41, 5.74) is 3.03. The molecule has 1 unspecified atom stereocenters. The van der Waals surface area contributed by atoms with Crippen LogP contribution in [0.1, 0.15) is 44.6 Å². The van der Waals surface area contributed by atoms with Crippen LogP contribution in [-0.4, -0.2) is 32.4 Å². The van der Waals surface area contributed by atoms with Crippen molar-refractivity contribution in [2.75, 3.05) is 31.2 Å². The van der Waals surface area contributed by atoms with Gasteiger partial charge in [0.15, 0.2) is 11.5 Å². The highest BCUT2D eigenvalue weighted by Gasteiger charge is 2.27. The number of hydrogen-bond donors (Lipinski definition) is 0. The molecule has 1 fully saturated rings. The maximum Gasteiger partial charge on any atom is 0.164 e. The first-order chi connectivity index (χ1) is 14.5. The van der Waals surface area contributed by atoms with Gasteiger partial charge >= 0.3 is 0 Å². The third-order valence-corrected chi connectivity index (χ3v) is 5.71. The standard InChI is InChI=1S/C25H30FNO3/c1-17(2)13-18(3)19-5-7-20(8-6-19)30-21-9-10-27(16-21)23-15-25-24(14-22(23)26)28-11-4-12-29-25/h5-8,14-15,18,21H,1,4,9-13,16H2,2-3H3/t18-,21?/m1/s1. The number of hydrogen-bond acceptors (Lipinski definition) is 4. The van der Waals surface area contributed by atoms with E-state index in [1.807, 2.05) is 17.0 Å². The number of anilines is 1. The molecule has 0 N–H and O–H groups in total. The van der Waals surface area contributed by atoms with E-state index in [-0.39, 0.29) is 11.9 Å². The molecular weight excluding hydrogens is 381 g/mol. The van der Waals surface area contributed by atoms with E-state index in [0.717, 1.165) is 31.6 Å². The molecule has 160 valence electrons. The topological polar surface area (TPSA) is 30.9 Å². The Bertz CT molecular complexity index is 896. The molecule has 0 spiro atoms. The summed E-state index contributed by atoms with van der Waals surface area (Å²) < 4.78 is 32.2. The van der Waals surface area contributed by atoms with Gasteiger partial charge in [-0.25, -0.2) is 4.39 Å². The third-order valence-electron chi connectivity index (χ3n) is 5.71. The maximum absolute atomic E-state index is 14.7. The second-order valence-electron chi connectivity index (χ2n) is 8.41. The summed E-state index contributed by atoms with van der Waals surface area (Å²) in [6, 6.07) is 11.5. The van der Waals surface area contributed by atoms with Gasteiger partial charge in [0.25, 0.3) is 0 Å². The number of halogens is 1. The summed E-state index contributed by atoms with van der Waals surface area (Å²) in [5.74, 6) is 2.12. The first-order valence-electron chi connectivity index (χ1n) is 10.7. The molecule has 2 aromatic rings. The van der Waals surface area contributed by atoms with E-state index >= 15 is 0 Å². The van der Waals surface area contributed by atoms with Crippen molar-refractivity contribution in [3.8, 4) is 17.2 Å². The van der Waals surface area contributed by atoms with Crippen LogP contribution in [0.4, 0.5) is 10.1 Å². The minimum atomic E-state index is -0.282. The summed E-state index contributed by atoms with van der Waals surface area (Å²) in [5, 5.41) is 0. The molecular formula is C25H30FNO3. The second kappa shape index (κ2) is 8.99. The zero-order valence-corrected chi connectivity index (χ0v) is 17.8. The lowest BCUT2D eigenvalue weighted by Gasteiger charge is -2.21. The molecule has 2 atom stereocenters. The monoisotopic (exact) mass is 411 g/mol. The Kier molecular flexibility index (Phi) is 6.16. The smallest absolute Gasteiger partial charge is 0.164 e. The van der Waals surface area contributed by atoms with E-state index in [2.05, 4.69) is 32.6 Å². The highest BCUT2D eigenvalue weighted by Crippen LogP contribution is 2.37. The van der Waals surface area contributed by atoms with Crippen LogP contribution < -0.4 is 19.1 Å². The number of rotatable bonds is 6. The van der Waals surface area contributed by atoms with Crippen LogP contribution in [0.15, 0.2) is 48.6 Å². The van der Waals surface area contributed by atoms with Crippen LogP contribution in [0.25, 0.3) is 0 Å². The van der Waals surface area contributed by atoms with Gasteiger partial charge in [0.2, 0.25) is 0 Å².